The van der Waals surface area contributed by atoms with Crippen LogP contribution in [0, 0.1) is 0 Å². The van der Waals surface area contributed by atoms with Gasteiger partial charge in [-0.1, -0.05) is 142 Å². The van der Waals surface area contributed by atoms with E-state index in [1.54, 1.807) is 12.2 Å². The van der Waals surface area contributed by atoms with Gasteiger partial charge in [-0.2, -0.15) is 9.29 Å². The number of aliphatic hydroxyl groups is 2. The molecule has 1 aromatic rings. The van der Waals surface area contributed by atoms with Gasteiger partial charge in [0.15, 0.2) is 18.1 Å². The number of phosphoric acid groups is 2. The molecule has 0 spiro atoms. The summed E-state index contributed by atoms with van der Waals surface area (Å²) in [4.78, 5) is 73.7. The molecule has 416 valence electrons. The molecule has 1 aliphatic rings. The minimum Gasteiger partial charge on any atom is -0.462 e. The van der Waals surface area contributed by atoms with Crippen LogP contribution in [0.3, 0.4) is 0 Å². The molecule has 0 bridgehead atoms. The highest BCUT2D eigenvalue weighted by Crippen LogP contribution is 2.60. The first-order valence-corrected chi connectivity index (χ1v) is 28.5. The van der Waals surface area contributed by atoms with E-state index in [9.17, 15) is 48.3 Å². The summed E-state index contributed by atoms with van der Waals surface area (Å²) in [7, 11) is -10.9. The number of esters is 2. The molecule has 7 atom stereocenters. The summed E-state index contributed by atoms with van der Waals surface area (Å²) in [5.74, 6) is -1.40. The summed E-state index contributed by atoms with van der Waals surface area (Å²) in [6, 6.07) is 1.23. The predicted octanol–water partition coefficient (Wildman–Crippen LogP) is 9.95. The Labute approximate surface area is 441 Å². The Morgan fingerprint density at radius 2 is 1.25 bits per heavy atom. The van der Waals surface area contributed by atoms with Gasteiger partial charge in [0.2, 0.25) is 0 Å². The summed E-state index contributed by atoms with van der Waals surface area (Å²) in [5, 5.41) is 20.9. The molecule has 0 amide bonds. The summed E-state index contributed by atoms with van der Waals surface area (Å²) in [5.41, 5.74) is 4.57. The van der Waals surface area contributed by atoms with E-state index in [0.717, 1.165) is 62.1 Å². The number of aromatic nitrogens is 2. The lowest BCUT2D eigenvalue weighted by molar-refractivity contribution is -0.161. The number of ketones is 1. The molecule has 2 unspecified atom stereocenters. The van der Waals surface area contributed by atoms with Crippen molar-refractivity contribution in [1.29, 1.82) is 0 Å². The average Bonchev–Trinajstić information content (AvgIpc) is 3.64. The Kier molecular flexibility index (Phi) is 35.3. The van der Waals surface area contributed by atoms with Crippen LogP contribution >= 0.6 is 15.6 Å². The second kappa shape index (κ2) is 40.1. The number of anilines is 1. The Morgan fingerprint density at radius 3 is 1.84 bits per heavy atom. The van der Waals surface area contributed by atoms with Crippen molar-refractivity contribution in [2.45, 2.75) is 154 Å². The van der Waals surface area contributed by atoms with Crippen molar-refractivity contribution in [3.05, 3.63) is 144 Å². The van der Waals surface area contributed by atoms with Crippen molar-refractivity contribution in [2.24, 2.45) is 0 Å². The van der Waals surface area contributed by atoms with E-state index in [1.165, 1.54) is 6.07 Å². The molecule has 1 saturated heterocycles. The first-order valence-electron chi connectivity index (χ1n) is 25.5. The van der Waals surface area contributed by atoms with Crippen LogP contribution in [0.15, 0.2) is 139 Å². The van der Waals surface area contributed by atoms with Crippen LogP contribution in [0.2, 0.25) is 0 Å². The lowest BCUT2D eigenvalue weighted by Crippen LogP contribution is -2.36. The number of ether oxygens (including phenoxy) is 3. The number of nitrogen functional groups attached to an aromatic ring is 1. The zero-order valence-electron chi connectivity index (χ0n) is 43.3. The van der Waals surface area contributed by atoms with Crippen molar-refractivity contribution < 1.29 is 71.1 Å². The number of nitrogens with two attached hydrogens (primary N) is 1. The smallest absolute Gasteiger partial charge is 0.462 e. The third-order valence-electron chi connectivity index (χ3n) is 10.5. The molecule has 0 aromatic carbocycles. The van der Waals surface area contributed by atoms with Gasteiger partial charge in [0.1, 0.15) is 30.7 Å². The van der Waals surface area contributed by atoms with Gasteiger partial charge in [0.05, 0.1) is 13.2 Å². The number of nitrogens with zero attached hydrogens (tertiary/aromatic N) is 2. The largest absolute Gasteiger partial charge is 0.481 e. The number of phosphoric ester groups is 2. The summed E-state index contributed by atoms with van der Waals surface area (Å²) in [6.45, 7) is 1.72. The average molecular weight is 1090 g/mol. The van der Waals surface area contributed by atoms with E-state index >= 15 is 0 Å². The van der Waals surface area contributed by atoms with Crippen LogP contribution in [0.5, 0.6) is 0 Å². The van der Waals surface area contributed by atoms with Gasteiger partial charge >= 0.3 is 33.3 Å². The third-order valence-corrected chi connectivity index (χ3v) is 13.1. The SMILES string of the molecule is CC/C=C\C/C=C\C/C=C\C/C=C\C/C=C\C/C=C\CCC(=O)OC[C@H](COP(=O)(O)OP(=O)(O)OC[C@H]1O[C@@H](n2ccc(N)nc2=O)[C@H](O)[C@@H]1O)OC(=O)CCC/C=C\C/C=C\C/C=C\C=C\C(=O)CCCCC. The molecule has 19 nitrogen and oxygen atoms in total. The lowest BCUT2D eigenvalue weighted by atomic mass is 10.1. The van der Waals surface area contributed by atoms with Crippen molar-refractivity contribution in [3.8, 4) is 0 Å². The Hall–Kier alpha value is -5.17. The molecule has 0 saturated carbocycles. The lowest BCUT2D eigenvalue weighted by Gasteiger charge is -2.21. The van der Waals surface area contributed by atoms with Gasteiger partial charge in [-0.15, -0.1) is 0 Å². The molecule has 1 aliphatic heterocycles. The highest BCUT2D eigenvalue weighted by atomic mass is 31.3. The first-order chi connectivity index (χ1) is 36.1. The minimum atomic E-state index is -5.47. The Bertz CT molecular complexity index is 2300. The van der Waals surface area contributed by atoms with Crippen LogP contribution in [0.4, 0.5) is 5.82 Å². The van der Waals surface area contributed by atoms with Gasteiger partial charge < -0.3 is 39.9 Å². The second-order valence-corrected chi connectivity index (χ2v) is 20.0. The molecule has 1 fully saturated rings. The molecule has 0 radical (unpaired) electrons. The number of unbranched alkanes of at least 4 members (excludes halogenated alkanes) is 3. The Morgan fingerprint density at radius 1 is 0.693 bits per heavy atom. The van der Waals surface area contributed by atoms with Crippen LogP contribution in [0.25, 0.3) is 0 Å². The molecular weight excluding hydrogens is 1010 g/mol. The molecule has 75 heavy (non-hydrogen) atoms. The highest BCUT2D eigenvalue weighted by Gasteiger charge is 2.46. The Balaban J connectivity index is 1.87. The summed E-state index contributed by atoms with van der Waals surface area (Å²) in [6.07, 6.45) is 44.3. The molecule has 1 aromatic heterocycles. The van der Waals surface area contributed by atoms with Crippen molar-refractivity contribution >= 4 is 39.2 Å². The van der Waals surface area contributed by atoms with Crippen molar-refractivity contribution in [3.63, 3.8) is 0 Å². The molecule has 6 N–H and O–H groups in total. The van der Waals surface area contributed by atoms with Crippen LogP contribution < -0.4 is 11.4 Å². The van der Waals surface area contributed by atoms with Crippen molar-refractivity contribution in [1.82, 2.24) is 9.55 Å². The maximum Gasteiger partial charge on any atom is 0.481 e. The zero-order valence-corrected chi connectivity index (χ0v) is 45.1. The van der Waals surface area contributed by atoms with Crippen molar-refractivity contribution in [2.75, 3.05) is 25.6 Å². The quantitative estimate of drug-likeness (QED) is 0.0102. The van der Waals surface area contributed by atoms with Gasteiger partial charge in [0.25, 0.3) is 0 Å². The fraction of sp³-hybridized carbons (Fsp3) is 0.500. The van der Waals surface area contributed by atoms with Gasteiger partial charge in [-0.3, -0.25) is 28.0 Å². The first kappa shape index (κ1) is 65.9. The number of aliphatic hydroxyl groups excluding tert-OH is 2. The fourth-order valence-corrected chi connectivity index (χ4v) is 8.69. The predicted molar refractivity (Wildman–Crippen MR) is 289 cm³/mol. The van der Waals surface area contributed by atoms with E-state index in [0.29, 0.717) is 44.9 Å². The standard InChI is InChI=1S/C54H79N3O16P2/c1-3-5-7-8-9-10-11-12-13-14-15-16-17-18-21-24-27-30-34-38-49(59)68-42-46(71-50(60)39-35-31-28-25-22-19-20-23-26-29-33-37-45(58)36-32-6-4-2)43-69-74(64,65)73-75(66,67)70-44-47-51(61)52(62)53(72-47)57-41-40-48(55)56-54(57)63/h5,7,9-10,12-13,15-16,18-21,25-30,33,37,40-41,46-47,51-53,61-62H,3-4,6,8,11,14,17,22-24,31-32,34-36,38-39,42-44H2,1-2H3,(H,64,65)(H,66,67)(H2,55,56,63)/b7-5-,10-9-,13-12-,16-15-,20-19-,21-18-,28-25-,29-26-,30-27-,37-33+/t46-,47-,51-,52-,53-/m1/s1. The van der Waals surface area contributed by atoms with Gasteiger partial charge in [-0.05, 0) is 89.2 Å². The van der Waals surface area contributed by atoms with E-state index in [4.69, 9.17) is 29.0 Å². The normalized spacial score (nSPS) is 19.7. The topological polar surface area (TPSA) is 283 Å². The second-order valence-electron chi connectivity index (χ2n) is 17.0. The van der Waals surface area contributed by atoms with E-state index in [2.05, 4.69) is 71.8 Å². The minimum absolute atomic E-state index is 0.0297. The highest BCUT2D eigenvalue weighted by molar-refractivity contribution is 7.61. The van der Waals surface area contributed by atoms with Crippen LogP contribution in [0.1, 0.15) is 129 Å². The van der Waals surface area contributed by atoms with Gasteiger partial charge in [0, 0.05) is 25.5 Å². The summed E-state index contributed by atoms with van der Waals surface area (Å²) >= 11 is 0. The van der Waals surface area contributed by atoms with Crippen LogP contribution in [-0.4, -0.2) is 91.5 Å². The maximum absolute atomic E-state index is 12.9. The van der Waals surface area contributed by atoms with Crippen LogP contribution in [-0.2, 0) is 51.1 Å². The fourth-order valence-electron chi connectivity index (χ4n) is 6.58. The third kappa shape index (κ3) is 32.8. The van der Waals surface area contributed by atoms with E-state index in [1.807, 2.05) is 60.8 Å². The molecule has 2 heterocycles. The summed E-state index contributed by atoms with van der Waals surface area (Å²) < 4.78 is 56.6. The molecular formula is C54H79N3O16P2. The number of allylic oxidation sites excluding steroid dienone is 20. The number of hydrogen-bond acceptors (Lipinski definition) is 16. The molecule has 0 aliphatic carbocycles. The monoisotopic (exact) mass is 1090 g/mol. The van der Waals surface area contributed by atoms with E-state index < -0.39 is 83.7 Å². The zero-order chi connectivity index (χ0) is 55.0. The molecule has 2 rings (SSSR count). The van der Waals surface area contributed by atoms with Gasteiger partial charge in [-0.25, -0.2) is 13.9 Å². The number of rotatable bonds is 40. The number of carbonyl (C=O) groups is 3. The number of hydrogen-bond donors (Lipinski definition) is 5. The maximum atomic E-state index is 12.9. The van der Waals surface area contributed by atoms with E-state index in [-0.39, 0.29) is 24.4 Å². The number of carbonyl (C=O) groups excluding carboxylic acids is 3. The molecule has 21 heteroatoms.